The summed E-state index contributed by atoms with van der Waals surface area (Å²) in [5, 5.41) is 12.2. The Labute approximate surface area is 141 Å². The lowest BCUT2D eigenvalue weighted by Crippen LogP contribution is -2.50. The summed E-state index contributed by atoms with van der Waals surface area (Å²) in [6.45, 7) is 6.51. The largest absolute Gasteiger partial charge is 0.392 e. The normalized spacial score (nSPS) is 20.2. The molecule has 0 aromatic heterocycles. The van der Waals surface area contributed by atoms with Gasteiger partial charge in [0.2, 0.25) is 0 Å². The van der Waals surface area contributed by atoms with Gasteiger partial charge in [-0.05, 0) is 25.1 Å². The average molecular weight is 332 g/mol. The van der Waals surface area contributed by atoms with E-state index in [1.165, 1.54) is 0 Å². The summed E-state index contributed by atoms with van der Waals surface area (Å²) < 4.78 is 0. The Morgan fingerprint density at radius 3 is 2.62 bits per heavy atom. The van der Waals surface area contributed by atoms with Crippen molar-refractivity contribution in [3.8, 4) is 0 Å². The summed E-state index contributed by atoms with van der Waals surface area (Å²) in [5.74, 6) is -0.00634. The molecule has 2 fully saturated rings. The van der Waals surface area contributed by atoms with Crippen LogP contribution in [0.15, 0.2) is 24.3 Å². The van der Waals surface area contributed by atoms with Crippen LogP contribution in [0, 0.1) is 0 Å². The van der Waals surface area contributed by atoms with E-state index in [9.17, 15) is 14.7 Å². The van der Waals surface area contributed by atoms with Crippen LogP contribution in [0.1, 0.15) is 17.3 Å². The molecule has 7 heteroatoms. The highest BCUT2D eigenvalue weighted by Gasteiger charge is 2.25. The molecular weight excluding hydrogens is 308 g/mol. The second-order valence-corrected chi connectivity index (χ2v) is 6.38. The van der Waals surface area contributed by atoms with Gasteiger partial charge < -0.3 is 15.3 Å². The van der Waals surface area contributed by atoms with Crippen molar-refractivity contribution in [2.24, 2.45) is 0 Å². The third kappa shape index (κ3) is 3.68. The smallest absolute Gasteiger partial charge is 0.321 e. The number of carbonyl (C=O) groups is 2. The molecule has 0 spiro atoms. The highest BCUT2D eigenvalue weighted by Crippen LogP contribution is 2.19. The predicted octanol–water partition coefficient (Wildman–Crippen LogP) is 0.355. The van der Waals surface area contributed by atoms with Crippen molar-refractivity contribution in [1.29, 1.82) is 0 Å². The minimum atomic E-state index is -0.351. The van der Waals surface area contributed by atoms with Gasteiger partial charge >= 0.3 is 6.03 Å². The van der Waals surface area contributed by atoms with E-state index in [-0.39, 0.29) is 18.0 Å². The molecule has 0 saturated carbocycles. The van der Waals surface area contributed by atoms with Crippen LogP contribution in [0.4, 0.5) is 10.5 Å². The van der Waals surface area contributed by atoms with Crippen molar-refractivity contribution in [2.45, 2.75) is 13.0 Å². The highest BCUT2D eigenvalue weighted by atomic mass is 16.3. The number of urea groups is 1. The Balaban J connectivity index is 1.64. The second kappa shape index (κ2) is 7.19. The van der Waals surface area contributed by atoms with Gasteiger partial charge in [0, 0.05) is 57.1 Å². The van der Waals surface area contributed by atoms with Crippen LogP contribution in [0.25, 0.3) is 0 Å². The maximum atomic E-state index is 12.7. The minimum absolute atomic E-state index is 0.00634. The van der Waals surface area contributed by atoms with Gasteiger partial charge in [-0.1, -0.05) is 6.07 Å². The van der Waals surface area contributed by atoms with Crippen LogP contribution in [0.5, 0.6) is 0 Å². The zero-order chi connectivity index (χ0) is 17.1. The number of nitrogens with zero attached hydrogens (tertiary/aromatic N) is 3. The lowest BCUT2D eigenvalue weighted by molar-refractivity contribution is 0.0554. The third-order valence-electron chi connectivity index (χ3n) is 4.44. The summed E-state index contributed by atoms with van der Waals surface area (Å²) in [5.41, 5.74) is 1.36. The zero-order valence-corrected chi connectivity index (χ0v) is 13.9. The topological polar surface area (TPSA) is 76.1 Å². The molecule has 130 valence electrons. The van der Waals surface area contributed by atoms with Crippen LogP contribution >= 0.6 is 0 Å². The van der Waals surface area contributed by atoms with Crippen molar-refractivity contribution in [3.05, 3.63) is 29.8 Å². The standard InChI is InChI=1S/C17H24N4O3/c1-13(22)12-19-7-9-20(10-8-19)16(23)14-3-2-4-15(11-14)21-6-5-18-17(21)24/h2-4,11,13,22H,5-10,12H2,1H3,(H,18,24). The number of amides is 3. The van der Waals surface area contributed by atoms with E-state index in [1.807, 2.05) is 17.0 Å². The number of carbonyl (C=O) groups excluding carboxylic acids is 2. The van der Waals surface area contributed by atoms with Gasteiger partial charge in [0.15, 0.2) is 0 Å². The number of benzene rings is 1. The number of β-amino-alcohol motifs (C(OH)–C–C–N with tert-alkyl or cyclic N) is 1. The Hall–Kier alpha value is -2.12. The van der Waals surface area contributed by atoms with Crippen LogP contribution in [0.3, 0.4) is 0 Å². The summed E-state index contributed by atoms with van der Waals surface area (Å²) in [4.78, 5) is 30.1. The molecule has 2 saturated heterocycles. The van der Waals surface area contributed by atoms with E-state index in [0.29, 0.717) is 38.3 Å². The molecule has 2 aliphatic rings. The molecule has 0 bridgehead atoms. The molecule has 0 radical (unpaired) electrons. The van der Waals surface area contributed by atoms with Crippen molar-refractivity contribution in [3.63, 3.8) is 0 Å². The van der Waals surface area contributed by atoms with Gasteiger partial charge in [-0.3, -0.25) is 14.6 Å². The number of anilines is 1. The fourth-order valence-electron chi connectivity index (χ4n) is 3.21. The molecule has 3 amide bonds. The lowest BCUT2D eigenvalue weighted by Gasteiger charge is -2.35. The second-order valence-electron chi connectivity index (χ2n) is 6.38. The summed E-state index contributed by atoms with van der Waals surface area (Å²) in [7, 11) is 0. The van der Waals surface area contributed by atoms with Crippen LogP contribution in [-0.2, 0) is 0 Å². The summed E-state index contributed by atoms with van der Waals surface area (Å²) in [6.07, 6.45) is -0.351. The van der Waals surface area contributed by atoms with Crippen LogP contribution in [0.2, 0.25) is 0 Å². The molecular formula is C17H24N4O3. The van der Waals surface area contributed by atoms with Crippen molar-refractivity contribution >= 4 is 17.6 Å². The van der Waals surface area contributed by atoms with Crippen molar-refractivity contribution < 1.29 is 14.7 Å². The molecule has 0 aliphatic carbocycles. The molecule has 1 aromatic rings. The molecule has 2 heterocycles. The zero-order valence-electron chi connectivity index (χ0n) is 13.9. The lowest BCUT2D eigenvalue weighted by atomic mass is 10.1. The quantitative estimate of drug-likeness (QED) is 0.834. The van der Waals surface area contributed by atoms with Crippen molar-refractivity contribution in [2.75, 3.05) is 50.7 Å². The number of rotatable bonds is 4. The van der Waals surface area contributed by atoms with E-state index >= 15 is 0 Å². The van der Waals surface area contributed by atoms with E-state index in [1.54, 1.807) is 24.0 Å². The molecule has 2 aliphatic heterocycles. The first-order valence-electron chi connectivity index (χ1n) is 8.40. The highest BCUT2D eigenvalue weighted by molar-refractivity contribution is 5.98. The molecule has 1 atom stereocenters. The molecule has 2 N–H and O–H groups in total. The van der Waals surface area contributed by atoms with Gasteiger partial charge in [-0.15, -0.1) is 0 Å². The number of nitrogens with one attached hydrogen (secondary N) is 1. The predicted molar refractivity (Wildman–Crippen MR) is 91.2 cm³/mol. The average Bonchev–Trinajstić information content (AvgIpc) is 3.00. The maximum absolute atomic E-state index is 12.7. The number of aliphatic hydroxyl groups is 1. The number of hydrogen-bond donors (Lipinski definition) is 2. The van der Waals surface area contributed by atoms with Crippen LogP contribution < -0.4 is 10.2 Å². The molecule has 1 unspecified atom stereocenters. The van der Waals surface area contributed by atoms with E-state index in [2.05, 4.69) is 10.2 Å². The Morgan fingerprint density at radius 2 is 2.00 bits per heavy atom. The van der Waals surface area contributed by atoms with Gasteiger partial charge in [0.25, 0.3) is 5.91 Å². The third-order valence-corrected chi connectivity index (χ3v) is 4.44. The van der Waals surface area contributed by atoms with Gasteiger partial charge in [-0.2, -0.15) is 0 Å². The Bertz CT molecular complexity index is 612. The van der Waals surface area contributed by atoms with Crippen molar-refractivity contribution in [1.82, 2.24) is 15.1 Å². The van der Waals surface area contributed by atoms with Gasteiger partial charge in [-0.25, -0.2) is 4.79 Å². The number of piperazine rings is 1. The van der Waals surface area contributed by atoms with E-state index in [0.717, 1.165) is 18.8 Å². The fourth-order valence-corrected chi connectivity index (χ4v) is 3.21. The molecule has 3 rings (SSSR count). The SMILES string of the molecule is CC(O)CN1CCN(C(=O)c2cccc(N3CCNC3=O)c2)CC1. The Kier molecular flexibility index (Phi) is 5.01. The monoisotopic (exact) mass is 332 g/mol. The van der Waals surface area contributed by atoms with Crippen LogP contribution in [-0.4, -0.2) is 78.8 Å². The molecule has 24 heavy (non-hydrogen) atoms. The van der Waals surface area contributed by atoms with Gasteiger partial charge in [0.05, 0.1) is 6.10 Å². The number of hydrogen-bond acceptors (Lipinski definition) is 4. The first-order valence-corrected chi connectivity index (χ1v) is 8.40. The first-order chi connectivity index (χ1) is 11.5. The van der Waals surface area contributed by atoms with E-state index in [4.69, 9.17) is 0 Å². The van der Waals surface area contributed by atoms with E-state index < -0.39 is 0 Å². The van der Waals surface area contributed by atoms with Gasteiger partial charge in [0.1, 0.15) is 0 Å². The first kappa shape index (κ1) is 16.7. The number of aliphatic hydroxyl groups excluding tert-OH is 1. The maximum Gasteiger partial charge on any atom is 0.321 e. The molecule has 1 aromatic carbocycles. The minimum Gasteiger partial charge on any atom is -0.392 e. The summed E-state index contributed by atoms with van der Waals surface area (Å²) in [6, 6.07) is 7.13. The summed E-state index contributed by atoms with van der Waals surface area (Å²) >= 11 is 0. The molecule has 7 nitrogen and oxygen atoms in total. The fraction of sp³-hybridized carbons (Fsp3) is 0.529. The Morgan fingerprint density at radius 1 is 1.25 bits per heavy atom.